The first kappa shape index (κ1) is 24.2. The van der Waals surface area contributed by atoms with Crippen molar-refractivity contribution in [2.45, 2.75) is 58.3 Å². The Balaban J connectivity index is 1.65. The molecule has 0 saturated carbocycles. The van der Waals surface area contributed by atoms with E-state index in [9.17, 15) is 14.5 Å². The molecular formula is C18H29N7O6P+. The average Bonchev–Trinajstić information content (AvgIpc) is 3.26. The minimum absolute atomic E-state index is 0.0721. The van der Waals surface area contributed by atoms with Crippen LogP contribution in [0.3, 0.4) is 0 Å². The first-order valence-electron chi connectivity index (χ1n) is 10.2. The second-order valence-electron chi connectivity index (χ2n) is 7.81. The van der Waals surface area contributed by atoms with Gasteiger partial charge >= 0.3 is 14.1 Å². The van der Waals surface area contributed by atoms with Crippen LogP contribution in [-0.2, 0) is 23.4 Å². The molecule has 0 aromatic carbocycles. The molecular weight excluding hydrogens is 441 g/mol. The maximum absolute atomic E-state index is 12.2. The molecule has 1 saturated heterocycles. The van der Waals surface area contributed by atoms with Gasteiger partial charge in [-0.25, -0.2) is 4.98 Å². The van der Waals surface area contributed by atoms with Crippen LogP contribution in [0.15, 0.2) is 6.33 Å². The van der Waals surface area contributed by atoms with Crippen molar-refractivity contribution in [1.82, 2.24) is 24.6 Å². The molecule has 0 bridgehead atoms. The number of nitrogens with zero attached hydrogens (tertiary/aromatic N) is 4. The van der Waals surface area contributed by atoms with E-state index in [-0.39, 0.29) is 24.6 Å². The fourth-order valence-corrected chi connectivity index (χ4v) is 4.14. The number of nitrogens with two attached hydrogens (primary N) is 1. The molecule has 0 amide bonds. The van der Waals surface area contributed by atoms with Crippen molar-refractivity contribution in [1.29, 1.82) is 0 Å². The molecule has 5 N–H and O–H groups in total. The summed E-state index contributed by atoms with van der Waals surface area (Å²) in [4.78, 5) is 24.5. The van der Waals surface area contributed by atoms with Gasteiger partial charge in [0, 0.05) is 13.0 Å². The number of nitrogens with one attached hydrogen (secondary N) is 2. The molecule has 0 radical (unpaired) electrons. The summed E-state index contributed by atoms with van der Waals surface area (Å²) in [6, 6.07) is -0.814. The van der Waals surface area contributed by atoms with Crippen molar-refractivity contribution in [3.63, 3.8) is 0 Å². The van der Waals surface area contributed by atoms with Crippen LogP contribution in [0.2, 0.25) is 0 Å². The highest BCUT2D eigenvalue weighted by Crippen LogP contribution is 2.37. The van der Waals surface area contributed by atoms with Gasteiger partial charge in [0.25, 0.3) is 0 Å². The molecule has 14 heteroatoms. The van der Waals surface area contributed by atoms with Gasteiger partial charge in [0.15, 0.2) is 17.0 Å². The van der Waals surface area contributed by atoms with E-state index in [1.165, 1.54) is 6.92 Å². The number of nitrogen functional groups attached to an aromatic ring is 1. The molecule has 2 aromatic rings. The molecule has 13 nitrogen and oxygen atoms in total. The van der Waals surface area contributed by atoms with E-state index in [1.807, 2.05) is 6.92 Å². The molecule has 6 atom stereocenters. The predicted octanol–water partition coefficient (Wildman–Crippen LogP) is 0.948. The Kier molecular flexibility index (Phi) is 7.57. The number of esters is 1. The molecule has 1 fully saturated rings. The topological polar surface area (TPSA) is 176 Å². The van der Waals surface area contributed by atoms with Gasteiger partial charge in [-0.15, -0.1) is 4.52 Å². The second kappa shape index (κ2) is 10.0. The quantitative estimate of drug-likeness (QED) is 0.302. The van der Waals surface area contributed by atoms with Gasteiger partial charge in [0.1, 0.15) is 25.0 Å². The van der Waals surface area contributed by atoms with Gasteiger partial charge < -0.3 is 25.6 Å². The van der Waals surface area contributed by atoms with E-state index < -0.39 is 38.6 Å². The molecule has 1 unspecified atom stereocenters. The van der Waals surface area contributed by atoms with Gasteiger partial charge in [-0.3, -0.25) is 9.36 Å². The van der Waals surface area contributed by atoms with E-state index in [0.717, 1.165) is 0 Å². The van der Waals surface area contributed by atoms with Crippen LogP contribution < -0.4 is 16.1 Å². The lowest BCUT2D eigenvalue weighted by Crippen LogP contribution is -2.33. The third-order valence-electron chi connectivity index (χ3n) is 4.99. The fraction of sp³-hybridized carbons (Fsp3) is 0.667. The molecule has 0 spiro atoms. The first-order valence-corrected chi connectivity index (χ1v) is 11.4. The highest BCUT2D eigenvalue weighted by Gasteiger charge is 2.44. The summed E-state index contributed by atoms with van der Waals surface area (Å²) in [7, 11) is -0.683. The SMILES string of the molecule is CNc1nc(N)nc2c1ncn2[C@@H]1O[C@H](CO[P+](=O)N[C@@H](C)C(=O)OC(C)C)[C@@H](O)[C@@H]1C. The number of aliphatic hydroxyl groups excluding tert-OH is 1. The van der Waals surface area contributed by atoms with Crippen LogP contribution in [0.25, 0.3) is 11.2 Å². The number of fused-ring (bicyclic) bond motifs is 1. The summed E-state index contributed by atoms with van der Waals surface area (Å²) in [5.74, 6) is -0.332. The van der Waals surface area contributed by atoms with Crippen molar-refractivity contribution in [2.75, 3.05) is 24.7 Å². The van der Waals surface area contributed by atoms with Gasteiger partial charge in [0.2, 0.25) is 5.95 Å². The molecule has 176 valence electrons. The van der Waals surface area contributed by atoms with Crippen molar-refractivity contribution in [3.05, 3.63) is 6.33 Å². The number of rotatable bonds is 9. The van der Waals surface area contributed by atoms with E-state index in [2.05, 4.69) is 25.4 Å². The number of hydrogen-bond donors (Lipinski definition) is 4. The molecule has 3 heterocycles. The number of hydrogen-bond acceptors (Lipinski definition) is 11. The average molecular weight is 470 g/mol. The van der Waals surface area contributed by atoms with Gasteiger partial charge in [-0.1, -0.05) is 12.0 Å². The van der Waals surface area contributed by atoms with Crippen LogP contribution in [0.5, 0.6) is 0 Å². The van der Waals surface area contributed by atoms with Crippen LogP contribution in [0, 0.1) is 5.92 Å². The number of carbonyl (C=O) groups is 1. The molecule has 0 aliphatic carbocycles. The minimum atomic E-state index is -2.38. The Labute approximate surface area is 186 Å². The molecule has 1 aliphatic rings. The van der Waals surface area contributed by atoms with Crippen LogP contribution >= 0.6 is 8.18 Å². The Morgan fingerprint density at radius 3 is 2.78 bits per heavy atom. The van der Waals surface area contributed by atoms with Gasteiger partial charge in [0.05, 0.1) is 18.5 Å². The number of aliphatic hydroxyl groups is 1. The summed E-state index contributed by atoms with van der Waals surface area (Å²) in [6.07, 6.45) is -0.995. The normalized spacial score (nSPS) is 24.7. The number of anilines is 2. The lowest BCUT2D eigenvalue weighted by atomic mass is 10.0. The number of aromatic nitrogens is 4. The number of imidazole rings is 1. The summed E-state index contributed by atoms with van der Waals surface area (Å²) in [6.45, 7) is 6.63. The predicted molar refractivity (Wildman–Crippen MR) is 116 cm³/mol. The third kappa shape index (κ3) is 5.13. The van der Waals surface area contributed by atoms with Crippen molar-refractivity contribution in [2.24, 2.45) is 5.92 Å². The lowest BCUT2D eigenvalue weighted by molar-refractivity contribution is -0.149. The van der Waals surface area contributed by atoms with E-state index in [0.29, 0.717) is 17.0 Å². The summed E-state index contributed by atoms with van der Waals surface area (Å²) < 4.78 is 30.2. The zero-order valence-electron chi connectivity index (χ0n) is 18.6. The zero-order valence-corrected chi connectivity index (χ0v) is 19.4. The lowest BCUT2D eigenvalue weighted by Gasteiger charge is -2.17. The van der Waals surface area contributed by atoms with Crippen LogP contribution in [0.1, 0.15) is 33.9 Å². The molecule has 1 aliphatic heterocycles. The van der Waals surface area contributed by atoms with Gasteiger partial charge in [-0.05, 0) is 25.3 Å². The van der Waals surface area contributed by atoms with Crippen LogP contribution in [-0.4, -0.2) is 68.6 Å². The monoisotopic (exact) mass is 470 g/mol. The third-order valence-corrected chi connectivity index (χ3v) is 5.98. The summed E-state index contributed by atoms with van der Waals surface area (Å²) >= 11 is 0. The second-order valence-corrected chi connectivity index (χ2v) is 8.84. The van der Waals surface area contributed by atoms with Crippen molar-refractivity contribution >= 4 is 37.1 Å². The van der Waals surface area contributed by atoms with E-state index >= 15 is 0 Å². The highest BCUT2D eigenvalue weighted by molar-refractivity contribution is 7.36. The Morgan fingerprint density at radius 1 is 1.41 bits per heavy atom. The Hall–Kier alpha value is -2.44. The van der Waals surface area contributed by atoms with E-state index in [1.54, 1.807) is 31.8 Å². The molecule has 32 heavy (non-hydrogen) atoms. The van der Waals surface area contributed by atoms with E-state index in [4.69, 9.17) is 19.7 Å². The minimum Gasteiger partial charge on any atom is -0.462 e. The summed E-state index contributed by atoms with van der Waals surface area (Å²) in [5, 5.41) is 16.1. The van der Waals surface area contributed by atoms with Gasteiger partial charge in [-0.2, -0.15) is 9.97 Å². The Morgan fingerprint density at radius 2 is 2.12 bits per heavy atom. The number of carbonyl (C=O) groups excluding carboxylic acids is 1. The standard InChI is InChI=1S/C18H29N7O6P/c1-8(2)30-17(27)10(4)24-32(28)29-6-11-13(26)9(3)16(31-11)25-7-21-12-14(20-5)22-18(19)23-15(12)25/h7-11,13,16,26H,6H2,1-5H3,(H,24,28)(H3,19,20,22,23)/q+1/t9-,10-,11+,13-,16+/m0/s1. The summed E-state index contributed by atoms with van der Waals surface area (Å²) in [5.41, 5.74) is 6.77. The highest BCUT2D eigenvalue weighted by atomic mass is 31.1. The maximum Gasteiger partial charge on any atom is 0.613 e. The number of ether oxygens (including phenoxy) is 2. The van der Waals surface area contributed by atoms with Crippen LogP contribution in [0.4, 0.5) is 11.8 Å². The van der Waals surface area contributed by atoms with Crippen molar-refractivity contribution in [3.8, 4) is 0 Å². The zero-order chi connectivity index (χ0) is 23.6. The molecule has 2 aromatic heterocycles. The smallest absolute Gasteiger partial charge is 0.462 e. The molecule has 3 rings (SSSR count). The first-order chi connectivity index (χ1) is 15.1. The fourth-order valence-electron chi connectivity index (χ4n) is 3.37. The largest absolute Gasteiger partial charge is 0.613 e. The maximum atomic E-state index is 12.2. The van der Waals surface area contributed by atoms with Crippen molar-refractivity contribution < 1.29 is 28.5 Å². The Bertz CT molecular complexity index is 986.